The third kappa shape index (κ3) is 3.47. The van der Waals surface area contributed by atoms with Crippen molar-refractivity contribution in [1.29, 1.82) is 0 Å². The number of rotatable bonds is 5. The molecule has 0 saturated heterocycles. The molecule has 0 radical (unpaired) electrons. The number of nitro benzene ring substituents is 1. The summed E-state index contributed by atoms with van der Waals surface area (Å²) < 4.78 is 0. The fourth-order valence-electron chi connectivity index (χ4n) is 4.31. The Morgan fingerprint density at radius 3 is 2.10 bits per heavy atom. The monoisotopic (exact) mass is 400 g/mol. The molecule has 1 unspecified atom stereocenters. The summed E-state index contributed by atoms with van der Waals surface area (Å²) in [5, 5.41) is 14.1. The molecule has 5 heteroatoms. The van der Waals surface area contributed by atoms with Crippen LogP contribution in [0.25, 0.3) is 0 Å². The topological polar surface area (TPSA) is 72.2 Å². The van der Waals surface area contributed by atoms with Crippen molar-refractivity contribution in [2.75, 3.05) is 5.32 Å². The minimum Gasteiger partial charge on any atom is -0.325 e. The van der Waals surface area contributed by atoms with Crippen molar-refractivity contribution in [3.8, 4) is 0 Å². The van der Waals surface area contributed by atoms with Gasteiger partial charge in [-0.25, -0.2) is 0 Å². The number of nitro groups is 1. The Bertz CT molecular complexity index is 1110. The molecule has 0 aromatic heterocycles. The van der Waals surface area contributed by atoms with Crippen LogP contribution in [0.1, 0.15) is 34.2 Å². The van der Waals surface area contributed by atoms with Gasteiger partial charge in [-0.05, 0) is 43.9 Å². The van der Waals surface area contributed by atoms with Gasteiger partial charge in [-0.15, -0.1) is 0 Å². The summed E-state index contributed by atoms with van der Waals surface area (Å²) in [6.45, 7) is 5.94. The number of nitrogens with one attached hydrogen (secondary N) is 1. The summed E-state index contributed by atoms with van der Waals surface area (Å²) in [5.74, 6) is -0.346. The van der Waals surface area contributed by atoms with Crippen molar-refractivity contribution in [3.63, 3.8) is 0 Å². The first-order valence-corrected chi connectivity index (χ1v) is 10.0. The molecule has 1 aliphatic carbocycles. The molecule has 3 aromatic carbocycles. The Kier molecular flexibility index (Phi) is 4.90. The summed E-state index contributed by atoms with van der Waals surface area (Å²) in [5.41, 5.74) is 5.44. The predicted octanol–water partition coefficient (Wildman–Crippen LogP) is 5.46. The first-order chi connectivity index (χ1) is 14.3. The van der Waals surface area contributed by atoms with Crippen molar-refractivity contribution in [2.24, 2.45) is 5.92 Å². The quantitative estimate of drug-likeness (QED) is 0.456. The van der Waals surface area contributed by atoms with Gasteiger partial charge in [0, 0.05) is 17.5 Å². The van der Waals surface area contributed by atoms with Crippen LogP contribution in [-0.4, -0.2) is 10.8 Å². The fraction of sp³-hybridized carbons (Fsp3) is 0.240. The molecule has 4 rings (SSSR count). The lowest BCUT2D eigenvalue weighted by molar-refractivity contribution is -0.384. The highest BCUT2D eigenvalue weighted by molar-refractivity contribution is 5.97. The van der Waals surface area contributed by atoms with E-state index in [-0.39, 0.29) is 22.9 Å². The second kappa shape index (κ2) is 7.41. The van der Waals surface area contributed by atoms with Gasteiger partial charge >= 0.3 is 0 Å². The van der Waals surface area contributed by atoms with Gasteiger partial charge in [0.15, 0.2) is 0 Å². The molecule has 152 valence electrons. The maximum atomic E-state index is 13.3. The van der Waals surface area contributed by atoms with Crippen molar-refractivity contribution < 1.29 is 9.72 Å². The first kappa shape index (κ1) is 19.8. The maximum Gasteiger partial charge on any atom is 0.271 e. The average molecular weight is 400 g/mol. The van der Waals surface area contributed by atoms with E-state index in [1.54, 1.807) is 6.07 Å². The Balaban J connectivity index is 1.70. The van der Waals surface area contributed by atoms with Crippen LogP contribution in [0.3, 0.4) is 0 Å². The van der Waals surface area contributed by atoms with Crippen molar-refractivity contribution in [1.82, 2.24) is 0 Å². The summed E-state index contributed by atoms with van der Waals surface area (Å²) in [6, 6.07) is 21.2. The van der Waals surface area contributed by atoms with Gasteiger partial charge in [0.25, 0.3) is 5.69 Å². The highest BCUT2D eigenvalue weighted by atomic mass is 16.6. The van der Waals surface area contributed by atoms with Crippen molar-refractivity contribution in [2.45, 2.75) is 32.6 Å². The van der Waals surface area contributed by atoms with E-state index in [9.17, 15) is 14.9 Å². The van der Waals surface area contributed by atoms with Crippen LogP contribution in [0, 0.1) is 36.8 Å². The number of carbonyl (C=O) groups excluding carboxylic acids is 1. The number of amides is 1. The van der Waals surface area contributed by atoms with Crippen molar-refractivity contribution >= 4 is 17.3 Å². The van der Waals surface area contributed by atoms with Gasteiger partial charge in [-0.2, -0.15) is 0 Å². The number of hydrogen-bond donors (Lipinski definition) is 1. The molecule has 1 fully saturated rings. The van der Waals surface area contributed by atoms with Gasteiger partial charge in [0.1, 0.15) is 0 Å². The maximum absolute atomic E-state index is 13.3. The molecule has 5 nitrogen and oxygen atoms in total. The lowest BCUT2D eigenvalue weighted by Crippen LogP contribution is -2.23. The van der Waals surface area contributed by atoms with E-state index >= 15 is 0 Å². The van der Waals surface area contributed by atoms with E-state index in [0.29, 0.717) is 12.1 Å². The molecule has 0 heterocycles. The van der Waals surface area contributed by atoms with E-state index in [0.717, 1.165) is 27.8 Å². The molecular formula is C25H24N2O3. The molecule has 1 atom stereocenters. The van der Waals surface area contributed by atoms with Crippen LogP contribution in [0.4, 0.5) is 11.4 Å². The summed E-state index contributed by atoms with van der Waals surface area (Å²) in [7, 11) is 0. The van der Waals surface area contributed by atoms with Gasteiger partial charge in [0.2, 0.25) is 5.91 Å². The largest absolute Gasteiger partial charge is 0.325 e. The zero-order chi connectivity index (χ0) is 21.5. The molecule has 1 aliphatic rings. The van der Waals surface area contributed by atoms with Crippen molar-refractivity contribution in [3.05, 3.63) is 105 Å². The summed E-state index contributed by atoms with van der Waals surface area (Å²) in [4.78, 5) is 23.9. The van der Waals surface area contributed by atoms with Crippen LogP contribution in [-0.2, 0) is 10.2 Å². The molecule has 1 saturated carbocycles. The number of hydrogen-bond acceptors (Lipinski definition) is 3. The summed E-state index contributed by atoms with van der Waals surface area (Å²) in [6.07, 6.45) is 0.708. The molecular weight excluding hydrogens is 376 g/mol. The smallest absolute Gasteiger partial charge is 0.271 e. The highest BCUT2D eigenvalue weighted by Crippen LogP contribution is 2.59. The van der Waals surface area contributed by atoms with E-state index < -0.39 is 4.92 Å². The van der Waals surface area contributed by atoms with E-state index in [1.165, 1.54) is 12.1 Å². The third-order valence-electron chi connectivity index (χ3n) is 6.03. The Labute approximate surface area is 175 Å². The number of nitrogens with zero attached hydrogens (tertiary/aromatic N) is 1. The van der Waals surface area contributed by atoms with Crippen LogP contribution in [0.5, 0.6) is 0 Å². The number of aryl methyl sites for hydroxylation is 3. The summed E-state index contributed by atoms with van der Waals surface area (Å²) >= 11 is 0. The second-order valence-corrected chi connectivity index (χ2v) is 8.21. The molecule has 0 aliphatic heterocycles. The fourth-order valence-corrected chi connectivity index (χ4v) is 4.31. The Morgan fingerprint density at radius 1 is 0.967 bits per heavy atom. The van der Waals surface area contributed by atoms with E-state index in [2.05, 4.69) is 55.6 Å². The first-order valence-electron chi connectivity index (χ1n) is 10.0. The third-order valence-corrected chi connectivity index (χ3v) is 6.03. The van der Waals surface area contributed by atoms with Gasteiger partial charge in [-0.1, -0.05) is 65.7 Å². The second-order valence-electron chi connectivity index (χ2n) is 8.21. The lowest BCUT2D eigenvalue weighted by Gasteiger charge is -2.20. The zero-order valence-corrected chi connectivity index (χ0v) is 17.3. The Morgan fingerprint density at radius 2 is 1.57 bits per heavy atom. The predicted molar refractivity (Wildman–Crippen MR) is 118 cm³/mol. The zero-order valence-electron chi connectivity index (χ0n) is 17.3. The standard InChI is InChI=1S/C25H24N2O3/c1-16-6-4-8-19(12-16)25(20-9-5-7-17(2)13-20)15-22(25)24(28)26-23-14-21(27(29)30)11-10-18(23)3/h4-14,22H,15H2,1-3H3,(H,26,28). The van der Waals surface area contributed by atoms with E-state index in [1.807, 2.05) is 19.1 Å². The average Bonchev–Trinajstić information content (AvgIpc) is 3.47. The number of benzene rings is 3. The molecule has 1 N–H and O–H groups in total. The number of non-ortho nitro benzene ring substituents is 1. The minimum atomic E-state index is -0.448. The van der Waals surface area contributed by atoms with Crippen LogP contribution in [0.15, 0.2) is 66.7 Å². The lowest BCUT2D eigenvalue weighted by atomic mass is 9.84. The highest BCUT2D eigenvalue weighted by Gasteiger charge is 2.60. The van der Waals surface area contributed by atoms with Gasteiger partial charge in [-0.3, -0.25) is 14.9 Å². The molecule has 1 amide bonds. The van der Waals surface area contributed by atoms with E-state index in [4.69, 9.17) is 0 Å². The van der Waals surface area contributed by atoms with Crippen LogP contribution >= 0.6 is 0 Å². The molecule has 30 heavy (non-hydrogen) atoms. The van der Waals surface area contributed by atoms with Crippen LogP contribution < -0.4 is 5.32 Å². The van der Waals surface area contributed by atoms with Gasteiger partial charge in [0.05, 0.1) is 16.5 Å². The van der Waals surface area contributed by atoms with Gasteiger partial charge < -0.3 is 5.32 Å². The minimum absolute atomic E-state index is 0.0321. The normalized spacial score (nSPS) is 16.7. The number of anilines is 1. The molecule has 0 spiro atoms. The number of carbonyl (C=O) groups is 1. The molecule has 3 aromatic rings. The SMILES string of the molecule is Cc1cccc(C2(c3cccc(C)c3)CC2C(=O)Nc2cc([N+](=O)[O-])ccc2C)c1. The molecule has 0 bridgehead atoms. The Hall–Kier alpha value is -3.47. The van der Waals surface area contributed by atoms with Crippen LogP contribution in [0.2, 0.25) is 0 Å².